The van der Waals surface area contributed by atoms with Gasteiger partial charge in [0.15, 0.2) is 0 Å². The average Bonchev–Trinajstić information content (AvgIpc) is 3.36. The van der Waals surface area contributed by atoms with Gasteiger partial charge in [0.05, 0.1) is 28.8 Å². The molecule has 0 bridgehead atoms. The highest BCUT2D eigenvalue weighted by molar-refractivity contribution is 6.22. The molecule has 232 valence electrons. The van der Waals surface area contributed by atoms with E-state index >= 15 is 0 Å². The van der Waals surface area contributed by atoms with Gasteiger partial charge in [-0.2, -0.15) is 0 Å². The lowest BCUT2D eigenvalue weighted by atomic mass is 9.83. The zero-order valence-corrected chi connectivity index (χ0v) is 25.9. The van der Waals surface area contributed by atoms with Crippen LogP contribution in [0.3, 0.4) is 0 Å². The second-order valence-corrected chi connectivity index (χ2v) is 11.6. The first-order chi connectivity index (χ1) is 33.6. The quantitative estimate of drug-likeness (QED) is 0.166. The molecule has 0 atom stereocenters. The van der Waals surface area contributed by atoms with Gasteiger partial charge in [-0.3, -0.25) is 0 Å². The van der Waals surface area contributed by atoms with Gasteiger partial charge in [0.1, 0.15) is 0 Å². The summed E-state index contributed by atoms with van der Waals surface area (Å²) in [6.45, 7) is 0. The molecule has 0 saturated heterocycles. The van der Waals surface area contributed by atoms with Gasteiger partial charge in [0.25, 0.3) is 0 Å². The molecule has 0 heterocycles. The topological polar surface area (TPSA) is 0 Å². The molecule has 0 fully saturated rings. The summed E-state index contributed by atoms with van der Waals surface area (Å²) in [4.78, 5) is 0. The molecule has 0 heteroatoms. The Kier molecular flexibility index (Phi) is 3.37. The van der Waals surface area contributed by atoms with E-state index < -0.39 is 181 Å². The molecular weight excluding hydrogens is 601 g/mol. The largest absolute Gasteiger partial charge is 0.0636 e. The van der Waals surface area contributed by atoms with Crippen LogP contribution in [-0.4, -0.2) is 0 Å². The molecule has 0 spiro atoms. The van der Waals surface area contributed by atoms with Crippen LogP contribution in [0.4, 0.5) is 0 Å². The summed E-state index contributed by atoms with van der Waals surface area (Å²) < 4.78 is 191. The highest BCUT2D eigenvalue weighted by atomic mass is 14.2. The van der Waals surface area contributed by atoms with Gasteiger partial charge in [0, 0.05) is 0 Å². The summed E-state index contributed by atoms with van der Waals surface area (Å²) in [5.74, 6) is 0. The van der Waals surface area contributed by atoms with Gasteiger partial charge >= 0.3 is 0 Å². The molecule has 0 aliphatic carbocycles. The lowest BCUT2D eigenvalue weighted by Gasteiger charge is -2.20. The lowest BCUT2D eigenvalue weighted by molar-refractivity contribution is 1.63. The summed E-state index contributed by atoms with van der Waals surface area (Å²) in [5.41, 5.74) is -0.986. The molecule has 0 aromatic heterocycles. The number of benzene rings is 10. The van der Waals surface area contributed by atoms with Gasteiger partial charge < -0.3 is 0 Å². The number of hydrogen-bond acceptors (Lipinski definition) is 0. The first-order valence-corrected chi connectivity index (χ1v) is 15.6. The van der Waals surface area contributed by atoms with Gasteiger partial charge in [-0.05, 0) is 117 Å². The van der Waals surface area contributed by atoms with E-state index in [-0.39, 0.29) is 21.9 Å². The highest BCUT2D eigenvalue weighted by Crippen LogP contribution is 2.46. The second kappa shape index (κ2) is 11.6. The van der Waals surface area contributed by atoms with E-state index in [1.165, 1.54) is 0 Å². The van der Waals surface area contributed by atoms with Crippen molar-refractivity contribution >= 4 is 53.9 Å². The summed E-state index contributed by atoms with van der Waals surface area (Å²) in [7, 11) is 0. The van der Waals surface area contributed by atoms with E-state index in [2.05, 4.69) is 0 Å². The Labute approximate surface area is 321 Å². The Morgan fingerprint density at radius 3 is 1.82 bits per heavy atom. The predicted molar refractivity (Wildman–Crippen MR) is 216 cm³/mol. The molecule has 0 amide bonds. The molecule has 0 unspecified atom stereocenters. The van der Waals surface area contributed by atoms with E-state index in [0.717, 1.165) is 16.3 Å². The molecule has 0 N–H and O–H groups in total. The average molecular weight is 654 g/mol. The third-order valence-corrected chi connectivity index (χ3v) is 8.81. The fourth-order valence-electron chi connectivity index (χ4n) is 6.61. The summed E-state index contributed by atoms with van der Waals surface area (Å²) >= 11 is 0. The van der Waals surface area contributed by atoms with E-state index in [0.29, 0.717) is 5.56 Å². The van der Waals surface area contributed by atoms with Crippen LogP contribution in [0.2, 0.25) is 0 Å². The summed E-state index contributed by atoms with van der Waals surface area (Å²) in [6.07, 6.45) is 0. The fraction of sp³-hybridized carbons (Fsp3) is 0. The van der Waals surface area contributed by atoms with E-state index in [1.807, 2.05) is 42.5 Å². The number of rotatable bonds is 4. The van der Waals surface area contributed by atoms with Crippen molar-refractivity contribution in [2.45, 2.75) is 0 Å². The van der Waals surface area contributed by atoms with Crippen LogP contribution < -0.4 is 0 Å². The minimum atomic E-state index is -0.898. The molecule has 0 aliphatic heterocycles. The van der Waals surface area contributed by atoms with E-state index in [4.69, 9.17) is 16.4 Å². The number of fused-ring (bicyclic) bond motifs is 5. The number of hydrogen-bond donors (Lipinski definition) is 0. The van der Waals surface area contributed by atoms with E-state index in [1.54, 1.807) is 24.3 Å². The summed E-state index contributed by atoms with van der Waals surface area (Å²) in [5, 5.41) is -1.91. The smallest absolute Gasteiger partial charge is 0.0616 e. The van der Waals surface area contributed by atoms with Crippen molar-refractivity contribution in [1.82, 2.24) is 0 Å². The van der Waals surface area contributed by atoms with Crippen molar-refractivity contribution in [3.63, 3.8) is 0 Å². The Morgan fingerprint density at radius 2 is 0.940 bits per heavy atom. The normalized spacial score (nSPS) is 17.5. The van der Waals surface area contributed by atoms with Crippen LogP contribution >= 0.6 is 0 Å². The molecule has 10 rings (SSSR count). The molecular formula is C50H32. The molecule has 50 heavy (non-hydrogen) atoms. The molecule has 0 saturated carbocycles. The fourth-order valence-corrected chi connectivity index (χ4v) is 6.61. The van der Waals surface area contributed by atoms with Crippen molar-refractivity contribution in [3.8, 4) is 44.5 Å². The Balaban J connectivity index is 1.53. The van der Waals surface area contributed by atoms with Crippen LogP contribution in [-0.2, 0) is 0 Å². The van der Waals surface area contributed by atoms with Crippen molar-refractivity contribution in [2.24, 2.45) is 0 Å². The maximum atomic E-state index is 10.3. The van der Waals surface area contributed by atoms with Crippen LogP contribution in [0, 0.1) is 0 Å². The minimum Gasteiger partial charge on any atom is -0.0616 e. The lowest BCUT2D eigenvalue weighted by Crippen LogP contribution is -1.92. The summed E-state index contributed by atoms with van der Waals surface area (Å²) in [6, 6.07) is 3.42. The van der Waals surface area contributed by atoms with Crippen LogP contribution in [0.5, 0.6) is 0 Å². The van der Waals surface area contributed by atoms with Gasteiger partial charge in [-0.15, -0.1) is 0 Å². The Hall–Kier alpha value is -6.50. The predicted octanol–water partition coefficient (Wildman–Crippen LogP) is 14.1. The molecule has 0 aliphatic rings. The van der Waals surface area contributed by atoms with Gasteiger partial charge in [0.2, 0.25) is 0 Å². The monoisotopic (exact) mass is 653 g/mol. The third kappa shape index (κ3) is 4.61. The van der Waals surface area contributed by atoms with Crippen LogP contribution in [0.25, 0.3) is 98.4 Å². The first-order valence-electron chi connectivity index (χ1n) is 26.1. The highest BCUT2D eigenvalue weighted by Gasteiger charge is 2.19. The Bertz CT molecular complexity index is 4110. The zero-order valence-electron chi connectivity index (χ0n) is 46.9. The van der Waals surface area contributed by atoms with E-state index in [9.17, 15) is 12.3 Å². The molecule has 10 aromatic rings. The molecule has 0 radical (unpaired) electrons. The molecule has 10 aromatic carbocycles. The van der Waals surface area contributed by atoms with Crippen molar-refractivity contribution < 1.29 is 28.8 Å². The van der Waals surface area contributed by atoms with Crippen LogP contribution in [0.1, 0.15) is 28.8 Å². The maximum absolute atomic E-state index is 10.3. The van der Waals surface area contributed by atoms with Crippen molar-refractivity contribution in [1.29, 1.82) is 0 Å². The third-order valence-electron chi connectivity index (χ3n) is 8.81. The Morgan fingerprint density at radius 1 is 0.300 bits per heavy atom. The standard InChI is InChI=1S/C50H32/c1-2-15-36-30-40(27-26-33(36)12-1)49-45-22-7-8-23-46(45)50(39-19-9-18-37(31-39)43-24-10-16-34-13-3-5-20-41(34)43)48-32-38(28-29-47(48)49)44-25-11-17-35-14-4-6-21-42(35)44/h1-32H/i1D,2D,4D,6D,7D,8D,11D,12D,14D,15D,17D,21D,22D,23D,25D,26D,27D,28D,29D,30D,32D. The van der Waals surface area contributed by atoms with Crippen molar-refractivity contribution in [2.75, 3.05) is 0 Å². The maximum Gasteiger partial charge on any atom is 0.0636 e. The van der Waals surface area contributed by atoms with Gasteiger partial charge in [-0.25, -0.2) is 0 Å². The molecule has 0 nitrogen and oxygen atoms in total. The zero-order chi connectivity index (χ0) is 51.3. The minimum absolute atomic E-state index is 0.139. The van der Waals surface area contributed by atoms with Crippen LogP contribution in [0.15, 0.2) is 194 Å². The van der Waals surface area contributed by atoms with Crippen molar-refractivity contribution in [3.05, 3.63) is 194 Å². The van der Waals surface area contributed by atoms with Gasteiger partial charge in [-0.1, -0.05) is 175 Å². The SMILES string of the molecule is [2H]c1c([2H])c([2H])c2c([2H])c(-c3c4c([2H])c([2H])c([2H])c([2H])c4c(-c4cccc(-c5cccc6ccccc56)c4)c4c([2H])c(-c5c([2H])c([2H])c([2H])c6c([2H])c([2H])c([2H])c([2H])c56)c([2H])c([2H])c34)c([2H])c([2H])c2c1[2H]. The second-order valence-electron chi connectivity index (χ2n) is 11.6. The first kappa shape index (κ1) is 14.5.